The second kappa shape index (κ2) is 7.70. The SMILES string of the molecule is CCCOc1ccc(Oc2ccc(C(O)CC)cc2)cc1. The number of hydrogen-bond acceptors (Lipinski definition) is 3. The van der Waals surface area contributed by atoms with Gasteiger partial charge in [0, 0.05) is 0 Å². The topological polar surface area (TPSA) is 38.7 Å². The van der Waals surface area contributed by atoms with Crippen LogP contribution in [0.15, 0.2) is 48.5 Å². The second-order valence-corrected chi connectivity index (χ2v) is 4.92. The lowest BCUT2D eigenvalue weighted by atomic mass is 10.1. The highest BCUT2D eigenvalue weighted by Crippen LogP contribution is 2.26. The van der Waals surface area contributed by atoms with Crippen LogP contribution in [0.3, 0.4) is 0 Å². The molecule has 0 aliphatic heterocycles. The fourth-order valence-electron chi connectivity index (χ4n) is 1.95. The van der Waals surface area contributed by atoms with Crippen molar-refractivity contribution in [1.82, 2.24) is 0 Å². The third kappa shape index (κ3) is 4.50. The lowest BCUT2D eigenvalue weighted by Crippen LogP contribution is -1.95. The van der Waals surface area contributed by atoms with Crippen LogP contribution in [0.25, 0.3) is 0 Å². The maximum Gasteiger partial charge on any atom is 0.127 e. The molecule has 112 valence electrons. The Morgan fingerprint density at radius 1 is 0.857 bits per heavy atom. The van der Waals surface area contributed by atoms with E-state index in [1.165, 1.54) is 0 Å². The van der Waals surface area contributed by atoms with Crippen LogP contribution in [0, 0.1) is 0 Å². The maximum absolute atomic E-state index is 9.76. The first-order chi connectivity index (χ1) is 10.2. The minimum absolute atomic E-state index is 0.408. The summed E-state index contributed by atoms with van der Waals surface area (Å²) in [5.41, 5.74) is 0.910. The third-order valence-electron chi connectivity index (χ3n) is 3.18. The molecule has 0 saturated carbocycles. The van der Waals surface area contributed by atoms with Gasteiger partial charge in [-0.25, -0.2) is 0 Å². The molecule has 3 nitrogen and oxygen atoms in total. The van der Waals surface area contributed by atoms with Gasteiger partial charge in [0.25, 0.3) is 0 Å². The monoisotopic (exact) mass is 286 g/mol. The van der Waals surface area contributed by atoms with Gasteiger partial charge in [-0.05, 0) is 54.8 Å². The van der Waals surface area contributed by atoms with Gasteiger partial charge in [-0.2, -0.15) is 0 Å². The van der Waals surface area contributed by atoms with Crippen LogP contribution in [0.4, 0.5) is 0 Å². The molecule has 0 radical (unpaired) electrons. The van der Waals surface area contributed by atoms with Gasteiger partial charge in [0.15, 0.2) is 0 Å². The van der Waals surface area contributed by atoms with E-state index < -0.39 is 6.10 Å². The van der Waals surface area contributed by atoms with E-state index in [0.717, 1.165) is 35.8 Å². The number of hydrogen-bond donors (Lipinski definition) is 1. The molecule has 0 aromatic heterocycles. The van der Waals surface area contributed by atoms with Crippen molar-refractivity contribution in [2.75, 3.05) is 6.61 Å². The van der Waals surface area contributed by atoms with E-state index in [2.05, 4.69) is 6.92 Å². The predicted molar refractivity (Wildman–Crippen MR) is 84.0 cm³/mol. The van der Waals surface area contributed by atoms with Gasteiger partial charge in [-0.15, -0.1) is 0 Å². The molecule has 2 aromatic rings. The molecule has 1 unspecified atom stereocenters. The Balaban J connectivity index is 1.97. The van der Waals surface area contributed by atoms with E-state index in [0.29, 0.717) is 6.42 Å². The van der Waals surface area contributed by atoms with E-state index in [1.807, 2.05) is 55.5 Å². The first kappa shape index (κ1) is 15.4. The normalized spacial score (nSPS) is 12.0. The molecular formula is C18H22O3. The second-order valence-electron chi connectivity index (χ2n) is 4.92. The molecule has 2 aromatic carbocycles. The van der Waals surface area contributed by atoms with Gasteiger partial charge in [0.1, 0.15) is 17.2 Å². The molecule has 0 aliphatic rings. The highest BCUT2D eigenvalue weighted by Gasteiger charge is 2.05. The average molecular weight is 286 g/mol. The number of benzene rings is 2. The van der Waals surface area contributed by atoms with Crippen molar-refractivity contribution in [1.29, 1.82) is 0 Å². The van der Waals surface area contributed by atoms with Crippen LogP contribution in [-0.4, -0.2) is 11.7 Å². The number of aliphatic hydroxyl groups is 1. The van der Waals surface area contributed by atoms with Crippen molar-refractivity contribution < 1.29 is 14.6 Å². The van der Waals surface area contributed by atoms with Crippen LogP contribution in [0.2, 0.25) is 0 Å². The molecular weight excluding hydrogens is 264 g/mol. The summed E-state index contributed by atoms with van der Waals surface area (Å²) in [5, 5.41) is 9.76. The molecule has 0 saturated heterocycles. The first-order valence-electron chi connectivity index (χ1n) is 7.41. The van der Waals surface area contributed by atoms with Gasteiger partial charge >= 0.3 is 0 Å². The fraction of sp³-hybridized carbons (Fsp3) is 0.333. The standard InChI is InChI=1S/C18H22O3/c1-3-13-20-15-9-11-17(12-10-15)21-16-7-5-14(6-8-16)18(19)4-2/h5-12,18-19H,3-4,13H2,1-2H3. The molecule has 0 heterocycles. The van der Waals surface area contributed by atoms with E-state index in [9.17, 15) is 5.11 Å². The molecule has 1 N–H and O–H groups in total. The van der Waals surface area contributed by atoms with E-state index in [-0.39, 0.29) is 0 Å². The molecule has 0 aliphatic carbocycles. The predicted octanol–water partition coefficient (Wildman–Crippen LogP) is 4.71. The highest BCUT2D eigenvalue weighted by atomic mass is 16.5. The molecule has 3 heteroatoms. The Morgan fingerprint density at radius 2 is 1.38 bits per heavy atom. The smallest absolute Gasteiger partial charge is 0.127 e. The summed E-state index contributed by atoms with van der Waals surface area (Å²) in [6.07, 6.45) is 1.29. The van der Waals surface area contributed by atoms with Crippen LogP contribution in [0.1, 0.15) is 38.4 Å². The third-order valence-corrected chi connectivity index (χ3v) is 3.18. The van der Waals surface area contributed by atoms with Gasteiger partial charge in [0.05, 0.1) is 12.7 Å². The Hall–Kier alpha value is -2.00. The van der Waals surface area contributed by atoms with Crippen molar-refractivity contribution >= 4 is 0 Å². The summed E-state index contributed by atoms with van der Waals surface area (Å²) in [4.78, 5) is 0. The fourth-order valence-corrected chi connectivity index (χ4v) is 1.95. The van der Waals surface area contributed by atoms with E-state index in [4.69, 9.17) is 9.47 Å². The van der Waals surface area contributed by atoms with Crippen molar-refractivity contribution in [3.63, 3.8) is 0 Å². The summed E-state index contributed by atoms with van der Waals surface area (Å²) >= 11 is 0. The average Bonchev–Trinajstić information content (AvgIpc) is 2.54. The van der Waals surface area contributed by atoms with Crippen molar-refractivity contribution in [3.05, 3.63) is 54.1 Å². The molecule has 0 spiro atoms. The van der Waals surface area contributed by atoms with Gasteiger partial charge in [-0.1, -0.05) is 26.0 Å². The van der Waals surface area contributed by atoms with E-state index in [1.54, 1.807) is 0 Å². The summed E-state index contributed by atoms with van der Waals surface area (Å²) in [6.45, 7) is 4.76. The van der Waals surface area contributed by atoms with Crippen LogP contribution >= 0.6 is 0 Å². The minimum Gasteiger partial charge on any atom is -0.494 e. The number of ether oxygens (including phenoxy) is 2. The summed E-state index contributed by atoms with van der Waals surface area (Å²) in [5.74, 6) is 2.37. The van der Waals surface area contributed by atoms with Crippen molar-refractivity contribution in [2.24, 2.45) is 0 Å². The molecule has 2 rings (SSSR count). The van der Waals surface area contributed by atoms with Crippen molar-refractivity contribution in [3.8, 4) is 17.2 Å². The van der Waals surface area contributed by atoms with Gasteiger partial charge < -0.3 is 14.6 Å². The Labute approximate surface area is 126 Å². The van der Waals surface area contributed by atoms with Crippen molar-refractivity contribution in [2.45, 2.75) is 32.8 Å². The zero-order valence-electron chi connectivity index (χ0n) is 12.6. The highest BCUT2D eigenvalue weighted by molar-refractivity contribution is 5.36. The molecule has 21 heavy (non-hydrogen) atoms. The Bertz CT molecular complexity index is 531. The molecule has 0 bridgehead atoms. The Kier molecular flexibility index (Phi) is 5.64. The van der Waals surface area contributed by atoms with Gasteiger partial charge in [-0.3, -0.25) is 0 Å². The molecule has 0 fully saturated rings. The minimum atomic E-state index is -0.408. The summed E-state index contributed by atoms with van der Waals surface area (Å²) < 4.78 is 11.3. The molecule has 0 amide bonds. The van der Waals surface area contributed by atoms with E-state index >= 15 is 0 Å². The lowest BCUT2D eigenvalue weighted by Gasteiger charge is -2.10. The summed E-state index contributed by atoms with van der Waals surface area (Å²) in [6, 6.07) is 15.1. The summed E-state index contributed by atoms with van der Waals surface area (Å²) in [7, 11) is 0. The zero-order valence-corrected chi connectivity index (χ0v) is 12.6. The maximum atomic E-state index is 9.76. The van der Waals surface area contributed by atoms with Gasteiger partial charge in [0.2, 0.25) is 0 Å². The largest absolute Gasteiger partial charge is 0.494 e. The van der Waals surface area contributed by atoms with Crippen LogP contribution in [-0.2, 0) is 0 Å². The number of aliphatic hydroxyl groups excluding tert-OH is 1. The quantitative estimate of drug-likeness (QED) is 0.801. The zero-order chi connectivity index (χ0) is 15.1. The lowest BCUT2D eigenvalue weighted by molar-refractivity contribution is 0.173. The van der Waals surface area contributed by atoms with Crippen LogP contribution in [0.5, 0.6) is 17.2 Å². The first-order valence-corrected chi connectivity index (χ1v) is 7.41. The van der Waals surface area contributed by atoms with Crippen LogP contribution < -0.4 is 9.47 Å². The molecule has 1 atom stereocenters. The number of rotatable bonds is 7. The Morgan fingerprint density at radius 3 is 1.90 bits per heavy atom.